The molecule has 1 aliphatic rings. The average Bonchev–Trinajstić information content (AvgIpc) is 2.84. The predicted octanol–water partition coefficient (Wildman–Crippen LogP) is 3.19. The van der Waals surface area contributed by atoms with Crippen LogP contribution in [0.3, 0.4) is 0 Å². The minimum absolute atomic E-state index is 0.0520. The third-order valence-corrected chi connectivity index (χ3v) is 4.58. The Balaban J connectivity index is 2.08. The standard InChI is InChI=1S/C15H22IN3O2/c1-15(2,3)13(18-14(20)21)10-6-7-19(9-10)12-5-4-11(16)8-17-12/h4-5,8,10,13,18H,6-7,9H2,1-3H3,(H,20,21)/t10-,13?/m1/s1. The summed E-state index contributed by atoms with van der Waals surface area (Å²) in [5, 5.41) is 11.8. The number of hydrogen-bond donors (Lipinski definition) is 2. The SMILES string of the molecule is CC(C)(C)C(NC(=O)O)[C@@H]1CCN(c2ccc(I)cn2)C1. The van der Waals surface area contributed by atoms with Crippen LogP contribution in [0, 0.1) is 14.9 Å². The molecule has 1 amide bonds. The van der Waals surface area contributed by atoms with Crippen molar-refractivity contribution >= 4 is 34.5 Å². The van der Waals surface area contributed by atoms with Crippen LogP contribution in [-0.2, 0) is 0 Å². The van der Waals surface area contributed by atoms with Gasteiger partial charge in [-0.05, 0) is 52.5 Å². The smallest absolute Gasteiger partial charge is 0.404 e. The second-order valence-corrected chi connectivity index (χ2v) is 7.87. The van der Waals surface area contributed by atoms with Crippen molar-refractivity contribution in [2.45, 2.75) is 33.2 Å². The Morgan fingerprint density at radius 1 is 1.52 bits per heavy atom. The van der Waals surface area contributed by atoms with E-state index in [1.165, 1.54) is 0 Å². The molecule has 116 valence electrons. The Labute approximate surface area is 139 Å². The number of carbonyl (C=O) groups is 1. The number of aromatic nitrogens is 1. The first-order valence-corrected chi connectivity index (χ1v) is 8.21. The van der Waals surface area contributed by atoms with Crippen LogP contribution in [0.25, 0.3) is 0 Å². The molecular formula is C15H22IN3O2. The number of amides is 1. The maximum absolute atomic E-state index is 11.1. The zero-order chi connectivity index (χ0) is 15.6. The van der Waals surface area contributed by atoms with Gasteiger partial charge in [0.15, 0.2) is 0 Å². The molecule has 0 aliphatic carbocycles. The molecule has 0 saturated carbocycles. The molecule has 1 saturated heterocycles. The molecular weight excluding hydrogens is 381 g/mol. The van der Waals surface area contributed by atoms with Crippen molar-refractivity contribution in [1.82, 2.24) is 10.3 Å². The molecule has 6 heteroatoms. The molecule has 1 aromatic heterocycles. The van der Waals surface area contributed by atoms with Crippen molar-refractivity contribution in [2.75, 3.05) is 18.0 Å². The lowest BCUT2D eigenvalue weighted by atomic mass is 9.78. The van der Waals surface area contributed by atoms with Gasteiger partial charge >= 0.3 is 6.09 Å². The van der Waals surface area contributed by atoms with Gasteiger partial charge in [0.1, 0.15) is 5.82 Å². The fourth-order valence-electron chi connectivity index (χ4n) is 3.00. The first-order valence-electron chi connectivity index (χ1n) is 7.13. The summed E-state index contributed by atoms with van der Waals surface area (Å²) in [5.41, 5.74) is -0.0986. The van der Waals surface area contributed by atoms with E-state index in [-0.39, 0.29) is 11.5 Å². The van der Waals surface area contributed by atoms with E-state index in [2.05, 4.69) is 58.6 Å². The topological polar surface area (TPSA) is 65.5 Å². The summed E-state index contributed by atoms with van der Waals surface area (Å²) in [6, 6.07) is 4.03. The average molecular weight is 403 g/mol. The molecule has 0 aromatic carbocycles. The van der Waals surface area contributed by atoms with Crippen molar-refractivity contribution in [1.29, 1.82) is 0 Å². The maximum atomic E-state index is 11.1. The molecule has 1 unspecified atom stereocenters. The number of carboxylic acid groups (broad SMARTS) is 1. The van der Waals surface area contributed by atoms with Crippen molar-refractivity contribution < 1.29 is 9.90 Å². The lowest BCUT2D eigenvalue weighted by Crippen LogP contribution is -2.48. The zero-order valence-electron chi connectivity index (χ0n) is 12.6. The van der Waals surface area contributed by atoms with Crippen molar-refractivity contribution in [3.8, 4) is 0 Å². The highest BCUT2D eigenvalue weighted by atomic mass is 127. The zero-order valence-corrected chi connectivity index (χ0v) is 14.8. The van der Waals surface area contributed by atoms with Crippen LogP contribution in [0.1, 0.15) is 27.2 Å². The third-order valence-electron chi connectivity index (χ3n) is 3.94. The van der Waals surface area contributed by atoms with Gasteiger partial charge in [0, 0.05) is 28.9 Å². The lowest BCUT2D eigenvalue weighted by Gasteiger charge is -2.35. The van der Waals surface area contributed by atoms with E-state index >= 15 is 0 Å². The summed E-state index contributed by atoms with van der Waals surface area (Å²) in [7, 11) is 0. The van der Waals surface area contributed by atoms with Crippen LogP contribution < -0.4 is 10.2 Å². The molecule has 2 atom stereocenters. The van der Waals surface area contributed by atoms with Gasteiger partial charge in [-0.3, -0.25) is 0 Å². The highest BCUT2D eigenvalue weighted by Gasteiger charge is 2.37. The molecule has 0 spiro atoms. The predicted molar refractivity (Wildman–Crippen MR) is 91.7 cm³/mol. The van der Waals surface area contributed by atoms with Gasteiger partial charge in [-0.1, -0.05) is 20.8 Å². The monoisotopic (exact) mass is 403 g/mol. The Hall–Kier alpha value is -1.05. The molecule has 5 nitrogen and oxygen atoms in total. The third kappa shape index (κ3) is 4.21. The van der Waals surface area contributed by atoms with E-state index in [1.807, 2.05) is 18.3 Å². The summed E-state index contributed by atoms with van der Waals surface area (Å²) in [5.74, 6) is 1.28. The normalized spacial score (nSPS) is 20.4. The van der Waals surface area contributed by atoms with Crippen molar-refractivity contribution in [3.05, 3.63) is 21.9 Å². The molecule has 0 bridgehead atoms. The summed E-state index contributed by atoms with van der Waals surface area (Å²) in [6.45, 7) is 8.01. The van der Waals surface area contributed by atoms with Gasteiger partial charge in [0.25, 0.3) is 0 Å². The van der Waals surface area contributed by atoms with Gasteiger partial charge in [-0.15, -0.1) is 0 Å². The molecule has 1 aromatic rings. The first-order chi connectivity index (χ1) is 9.77. The quantitative estimate of drug-likeness (QED) is 0.761. The molecule has 2 rings (SSSR count). The number of halogens is 1. The van der Waals surface area contributed by atoms with Crippen molar-refractivity contribution in [2.24, 2.45) is 11.3 Å². The first kappa shape index (κ1) is 16.3. The van der Waals surface area contributed by atoms with Crippen LogP contribution >= 0.6 is 22.6 Å². The van der Waals surface area contributed by atoms with Gasteiger partial charge in [-0.25, -0.2) is 9.78 Å². The van der Waals surface area contributed by atoms with E-state index in [9.17, 15) is 4.79 Å². The van der Waals surface area contributed by atoms with Gasteiger partial charge < -0.3 is 15.3 Å². The number of nitrogens with one attached hydrogen (secondary N) is 1. The Morgan fingerprint density at radius 3 is 2.76 bits per heavy atom. The minimum atomic E-state index is -0.944. The fourth-order valence-corrected chi connectivity index (χ4v) is 3.32. The number of hydrogen-bond acceptors (Lipinski definition) is 3. The van der Waals surface area contributed by atoms with Crippen LogP contribution in [0.2, 0.25) is 0 Å². The van der Waals surface area contributed by atoms with Crippen LogP contribution in [0.5, 0.6) is 0 Å². The van der Waals surface area contributed by atoms with E-state index < -0.39 is 6.09 Å². The van der Waals surface area contributed by atoms with Gasteiger partial charge in [-0.2, -0.15) is 0 Å². The van der Waals surface area contributed by atoms with Crippen LogP contribution in [-0.4, -0.2) is 35.3 Å². The largest absolute Gasteiger partial charge is 0.465 e. The lowest BCUT2D eigenvalue weighted by molar-refractivity contribution is 0.157. The van der Waals surface area contributed by atoms with Crippen LogP contribution in [0.4, 0.5) is 10.6 Å². The molecule has 2 heterocycles. The molecule has 2 N–H and O–H groups in total. The molecule has 1 aliphatic heterocycles. The summed E-state index contributed by atoms with van der Waals surface area (Å²) < 4.78 is 1.12. The van der Waals surface area contributed by atoms with Crippen molar-refractivity contribution in [3.63, 3.8) is 0 Å². The molecule has 1 fully saturated rings. The number of nitrogens with zero attached hydrogens (tertiary/aromatic N) is 2. The second-order valence-electron chi connectivity index (χ2n) is 6.62. The van der Waals surface area contributed by atoms with Gasteiger partial charge in [0.05, 0.1) is 0 Å². The van der Waals surface area contributed by atoms with E-state index in [0.717, 1.165) is 28.9 Å². The Morgan fingerprint density at radius 2 is 2.24 bits per heavy atom. The Kier molecular flexibility index (Phi) is 4.95. The maximum Gasteiger partial charge on any atom is 0.404 e. The van der Waals surface area contributed by atoms with Gasteiger partial charge in [0.2, 0.25) is 0 Å². The second kappa shape index (κ2) is 6.37. The fraction of sp³-hybridized carbons (Fsp3) is 0.600. The minimum Gasteiger partial charge on any atom is -0.465 e. The van der Waals surface area contributed by atoms with E-state index in [0.29, 0.717) is 5.92 Å². The number of pyridine rings is 1. The molecule has 21 heavy (non-hydrogen) atoms. The summed E-state index contributed by atoms with van der Waals surface area (Å²) >= 11 is 2.24. The highest BCUT2D eigenvalue weighted by Crippen LogP contribution is 2.32. The molecule has 0 radical (unpaired) electrons. The van der Waals surface area contributed by atoms with E-state index in [4.69, 9.17) is 5.11 Å². The van der Waals surface area contributed by atoms with E-state index in [1.54, 1.807) is 0 Å². The Bertz CT molecular complexity index is 499. The van der Waals surface area contributed by atoms with Crippen LogP contribution in [0.15, 0.2) is 18.3 Å². The summed E-state index contributed by atoms with van der Waals surface area (Å²) in [6.07, 6.45) is 1.90. The number of anilines is 1. The number of rotatable bonds is 3. The summed E-state index contributed by atoms with van der Waals surface area (Å²) in [4.78, 5) is 17.8. The highest BCUT2D eigenvalue weighted by molar-refractivity contribution is 14.1.